The van der Waals surface area contributed by atoms with Crippen LogP contribution in [0.15, 0.2) is 65.6 Å². The van der Waals surface area contributed by atoms with Gasteiger partial charge in [0.1, 0.15) is 0 Å². The molecule has 0 saturated heterocycles. The van der Waals surface area contributed by atoms with E-state index in [4.69, 9.17) is 0 Å². The number of hydrogen-bond donors (Lipinski definition) is 2. The third-order valence-electron chi connectivity index (χ3n) is 3.10. The number of aromatic nitrogens is 1. The maximum atomic E-state index is 12.1. The average Bonchev–Trinajstić information content (AvgIpc) is 2.49. The van der Waals surface area contributed by atoms with E-state index in [2.05, 4.69) is 10.3 Å². The molecule has 0 aliphatic rings. The van der Waals surface area contributed by atoms with E-state index in [1.54, 1.807) is 42.6 Å². The number of aromatic amines is 1. The molecule has 1 amide bonds. The third kappa shape index (κ3) is 2.19. The van der Waals surface area contributed by atoms with Gasteiger partial charge in [0.15, 0.2) is 0 Å². The summed E-state index contributed by atoms with van der Waals surface area (Å²) in [7, 11) is 0. The SMILES string of the molecule is O=C(Nc1cccc2c(=O)[nH]ccc12)c1ccccc1. The molecule has 0 radical (unpaired) electrons. The molecule has 3 rings (SSSR count). The van der Waals surface area contributed by atoms with Gasteiger partial charge in [-0.1, -0.05) is 24.3 Å². The van der Waals surface area contributed by atoms with E-state index in [0.717, 1.165) is 5.39 Å². The number of nitrogens with one attached hydrogen (secondary N) is 2. The van der Waals surface area contributed by atoms with Gasteiger partial charge >= 0.3 is 0 Å². The second kappa shape index (κ2) is 5.01. The number of amides is 1. The Hall–Kier alpha value is -2.88. The highest BCUT2D eigenvalue weighted by Crippen LogP contribution is 2.20. The van der Waals surface area contributed by atoms with E-state index in [1.807, 2.05) is 18.2 Å². The minimum atomic E-state index is -0.196. The van der Waals surface area contributed by atoms with Gasteiger partial charge < -0.3 is 10.3 Å². The fourth-order valence-corrected chi connectivity index (χ4v) is 2.11. The summed E-state index contributed by atoms with van der Waals surface area (Å²) in [4.78, 5) is 26.5. The van der Waals surface area contributed by atoms with Crippen LogP contribution in [0.3, 0.4) is 0 Å². The van der Waals surface area contributed by atoms with Crippen molar-refractivity contribution in [3.63, 3.8) is 0 Å². The summed E-state index contributed by atoms with van der Waals surface area (Å²) in [6.07, 6.45) is 1.57. The molecule has 20 heavy (non-hydrogen) atoms. The zero-order valence-corrected chi connectivity index (χ0v) is 10.6. The Morgan fingerprint density at radius 3 is 2.50 bits per heavy atom. The largest absolute Gasteiger partial charge is 0.329 e. The predicted molar refractivity (Wildman–Crippen MR) is 79.0 cm³/mol. The molecule has 2 N–H and O–H groups in total. The highest BCUT2D eigenvalue weighted by Gasteiger charge is 2.08. The molecule has 4 heteroatoms. The fourth-order valence-electron chi connectivity index (χ4n) is 2.11. The van der Waals surface area contributed by atoms with Gasteiger partial charge in [0.2, 0.25) is 0 Å². The molecule has 0 aliphatic heterocycles. The van der Waals surface area contributed by atoms with E-state index in [1.165, 1.54) is 0 Å². The van der Waals surface area contributed by atoms with Crippen molar-refractivity contribution in [1.29, 1.82) is 0 Å². The molecular weight excluding hydrogens is 252 g/mol. The molecule has 98 valence electrons. The quantitative estimate of drug-likeness (QED) is 0.747. The second-order valence-electron chi connectivity index (χ2n) is 4.39. The molecule has 1 heterocycles. The van der Waals surface area contributed by atoms with Crippen molar-refractivity contribution >= 4 is 22.4 Å². The van der Waals surface area contributed by atoms with Gasteiger partial charge in [0.25, 0.3) is 11.5 Å². The Balaban J connectivity index is 2.02. The van der Waals surface area contributed by atoms with Gasteiger partial charge in [0, 0.05) is 28.2 Å². The molecule has 2 aromatic carbocycles. The summed E-state index contributed by atoms with van der Waals surface area (Å²) in [5, 5.41) is 4.11. The second-order valence-corrected chi connectivity index (χ2v) is 4.39. The van der Waals surface area contributed by atoms with Crippen molar-refractivity contribution in [1.82, 2.24) is 4.98 Å². The lowest BCUT2D eigenvalue weighted by Gasteiger charge is -2.08. The number of carbonyl (C=O) groups is 1. The first-order valence-electron chi connectivity index (χ1n) is 6.22. The van der Waals surface area contributed by atoms with Gasteiger partial charge in [-0.2, -0.15) is 0 Å². The van der Waals surface area contributed by atoms with Crippen molar-refractivity contribution in [3.8, 4) is 0 Å². The fraction of sp³-hybridized carbons (Fsp3) is 0. The normalized spacial score (nSPS) is 10.4. The van der Waals surface area contributed by atoms with Crippen LogP contribution < -0.4 is 10.9 Å². The van der Waals surface area contributed by atoms with Gasteiger partial charge in [-0.25, -0.2) is 0 Å². The molecular formula is C16H12N2O2. The van der Waals surface area contributed by atoms with Gasteiger partial charge in [-0.15, -0.1) is 0 Å². The molecule has 4 nitrogen and oxygen atoms in total. The maximum absolute atomic E-state index is 12.1. The number of benzene rings is 2. The Bertz CT molecular complexity index is 823. The summed E-state index contributed by atoms with van der Waals surface area (Å²) < 4.78 is 0. The number of carbonyl (C=O) groups excluding carboxylic acids is 1. The van der Waals surface area contributed by atoms with Gasteiger partial charge in [-0.3, -0.25) is 9.59 Å². The van der Waals surface area contributed by atoms with E-state index in [-0.39, 0.29) is 11.5 Å². The zero-order valence-electron chi connectivity index (χ0n) is 10.6. The van der Waals surface area contributed by atoms with E-state index < -0.39 is 0 Å². The molecule has 0 unspecified atom stereocenters. The number of rotatable bonds is 2. The summed E-state index contributed by atoms with van der Waals surface area (Å²) in [5.41, 5.74) is 1.04. The topological polar surface area (TPSA) is 62.0 Å². The Labute approximate surface area is 115 Å². The molecule has 0 saturated carbocycles. The van der Waals surface area contributed by atoms with Crippen LogP contribution in [-0.2, 0) is 0 Å². The van der Waals surface area contributed by atoms with Crippen molar-refractivity contribution in [2.75, 3.05) is 5.32 Å². The summed E-state index contributed by atoms with van der Waals surface area (Å²) in [6.45, 7) is 0. The van der Waals surface area contributed by atoms with Crippen molar-refractivity contribution < 1.29 is 4.79 Å². The Morgan fingerprint density at radius 1 is 0.900 bits per heavy atom. The van der Waals surface area contributed by atoms with E-state index >= 15 is 0 Å². The molecule has 3 aromatic rings. The van der Waals surface area contributed by atoms with Crippen LogP contribution in [0.25, 0.3) is 10.8 Å². The van der Waals surface area contributed by atoms with Crippen molar-refractivity contribution in [3.05, 3.63) is 76.7 Å². The summed E-state index contributed by atoms with van der Waals surface area (Å²) >= 11 is 0. The van der Waals surface area contributed by atoms with Crippen LogP contribution >= 0.6 is 0 Å². The van der Waals surface area contributed by atoms with Gasteiger partial charge in [0.05, 0.1) is 0 Å². The molecule has 0 spiro atoms. The van der Waals surface area contributed by atoms with Crippen molar-refractivity contribution in [2.45, 2.75) is 0 Å². The number of pyridine rings is 1. The highest BCUT2D eigenvalue weighted by atomic mass is 16.1. The standard InChI is InChI=1S/C16H12N2O2/c19-15(11-5-2-1-3-6-11)18-14-8-4-7-13-12(14)9-10-17-16(13)20/h1-10H,(H,17,20)(H,18,19). The molecule has 1 aromatic heterocycles. The Kier molecular flexibility index (Phi) is 3.05. The number of fused-ring (bicyclic) bond motifs is 1. The average molecular weight is 264 g/mol. The van der Waals surface area contributed by atoms with Crippen LogP contribution in [0.4, 0.5) is 5.69 Å². The van der Waals surface area contributed by atoms with Crippen LogP contribution in [0.5, 0.6) is 0 Å². The predicted octanol–water partition coefficient (Wildman–Crippen LogP) is 2.78. The minimum absolute atomic E-state index is 0.168. The van der Waals surface area contributed by atoms with E-state index in [9.17, 15) is 9.59 Å². The first kappa shape index (κ1) is 12.2. The first-order chi connectivity index (χ1) is 9.75. The monoisotopic (exact) mass is 264 g/mol. The number of H-pyrrole nitrogens is 1. The molecule has 0 aliphatic carbocycles. The first-order valence-corrected chi connectivity index (χ1v) is 6.22. The van der Waals surface area contributed by atoms with Gasteiger partial charge in [-0.05, 0) is 30.3 Å². The van der Waals surface area contributed by atoms with E-state index in [0.29, 0.717) is 16.6 Å². The summed E-state index contributed by atoms with van der Waals surface area (Å²) in [6, 6.07) is 16.0. The van der Waals surface area contributed by atoms with Crippen LogP contribution in [0, 0.1) is 0 Å². The van der Waals surface area contributed by atoms with Crippen molar-refractivity contribution in [2.24, 2.45) is 0 Å². The smallest absolute Gasteiger partial charge is 0.255 e. The maximum Gasteiger partial charge on any atom is 0.255 e. The third-order valence-corrected chi connectivity index (χ3v) is 3.10. The Morgan fingerprint density at radius 2 is 1.70 bits per heavy atom. The highest BCUT2D eigenvalue weighted by molar-refractivity contribution is 6.08. The number of hydrogen-bond acceptors (Lipinski definition) is 2. The minimum Gasteiger partial charge on any atom is -0.329 e. The molecule has 0 fully saturated rings. The lowest BCUT2D eigenvalue weighted by Crippen LogP contribution is -2.13. The van der Waals surface area contributed by atoms with Crippen LogP contribution in [-0.4, -0.2) is 10.9 Å². The zero-order chi connectivity index (χ0) is 13.9. The molecule has 0 atom stereocenters. The van der Waals surface area contributed by atoms with Crippen LogP contribution in [0.1, 0.15) is 10.4 Å². The lowest BCUT2D eigenvalue weighted by molar-refractivity contribution is 0.102. The molecule has 0 bridgehead atoms. The lowest BCUT2D eigenvalue weighted by atomic mass is 10.1. The van der Waals surface area contributed by atoms with Crippen LogP contribution in [0.2, 0.25) is 0 Å². The number of anilines is 1. The summed E-state index contributed by atoms with van der Waals surface area (Å²) in [5.74, 6) is -0.196.